The minimum absolute atomic E-state index is 0.0698. The molecule has 0 radical (unpaired) electrons. The normalized spacial score (nSPS) is 17.8. The van der Waals surface area contributed by atoms with E-state index in [1.807, 2.05) is 6.92 Å². The van der Waals surface area contributed by atoms with Crippen LogP contribution in [0, 0.1) is 16.0 Å². The third kappa shape index (κ3) is 4.37. The Morgan fingerprint density at radius 1 is 1.14 bits per heavy atom. The van der Waals surface area contributed by atoms with Crippen molar-refractivity contribution in [3.8, 4) is 0 Å². The number of nitrogens with one attached hydrogen (secondary N) is 1. The molecule has 1 N–H and O–H groups in total. The van der Waals surface area contributed by atoms with Crippen LogP contribution in [0.3, 0.4) is 0 Å². The molecule has 1 unspecified atom stereocenters. The molecule has 148 valence electrons. The molecule has 0 bridgehead atoms. The minimum Gasteiger partial charge on any atom is -0.322 e. The number of nitro benzene ring substituents is 1. The molecule has 1 amide bonds. The van der Waals surface area contributed by atoms with Crippen molar-refractivity contribution in [2.45, 2.75) is 24.7 Å². The molecule has 0 saturated carbocycles. The van der Waals surface area contributed by atoms with E-state index in [0.717, 1.165) is 12.8 Å². The molecular formula is C19H21N3O5S. The molecule has 3 rings (SSSR count). The SMILES string of the molecule is CC1CCCN(S(=O)(=O)c2ccc(C(=O)Nc3ccc([N+](=O)[O-])cc3)cc2)C1. The molecule has 1 aliphatic rings. The summed E-state index contributed by atoms with van der Waals surface area (Å²) < 4.78 is 27.0. The first-order valence-corrected chi connectivity index (χ1v) is 10.4. The first-order valence-electron chi connectivity index (χ1n) is 8.93. The maximum absolute atomic E-state index is 12.8. The number of piperidine rings is 1. The van der Waals surface area contributed by atoms with Crippen LogP contribution >= 0.6 is 0 Å². The molecule has 0 aromatic heterocycles. The van der Waals surface area contributed by atoms with E-state index in [-0.39, 0.29) is 10.6 Å². The van der Waals surface area contributed by atoms with Gasteiger partial charge in [0.2, 0.25) is 10.0 Å². The fourth-order valence-electron chi connectivity index (χ4n) is 3.16. The number of benzene rings is 2. The molecular weight excluding hydrogens is 382 g/mol. The van der Waals surface area contributed by atoms with E-state index in [1.54, 1.807) is 0 Å². The molecule has 1 saturated heterocycles. The third-order valence-electron chi connectivity index (χ3n) is 4.71. The summed E-state index contributed by atoms with van der Waals surface area (Å²) in [5.74, 6) is -0.0975. The van der Waals surface area contributed by atoms with Crippen molar-refractivity contribution in [3.05, 3.63) is 64.2 Å². The summed E-state index contributed by atoms with van der Waals surface area (Å²) in [4.78, 5) is 22.6. The van der Waals surface area contributed by atoms with E-state index in [1.165, 1.54) is 52.8 Å². The Bertz CT molecular complexity index is 972. The highest BCUT2D eigenvalue weighted by molar-refractivity contribution is 7.89. The maximum Gasteiger partial charge on any atom is 0.269 e. The number of hydrogen-bond donors (Lipinski definition) is 1. The summed E-state index contributed by atoms with van der Waals surface area (Å²) in [7, 11) is -3.57. The van der Waals surface area contributed by atoms with Crippen molar-refractivity contribution in [1.29, 1.82) is 0 Å². The van der Waals surface area contributed by atoms with Gasteiger partial charge in [-0.15, -0.1) is 0 Å². The number of nitrogens with zero attached hydrogens (tertiary/aromatic N) is 2. The van der Waals surface area contributed by atoms with Gasteiger partial charge in [0.1, 0.15) is 0 Å². The van der Waals surface area contributed by atoms with Crippen LogP contribution in [0.1, 0.15) is 30.1 Å². The monoisotopic (exact) mass is 403 g/mol. The predicted molar refractivity (Wildman–Crippen MR) is 105 cm³/mol. The maximum atomic E-state index is 12.8. The predicted octanol–water partition coefficient (Wildman–Crippen LogP) is 3.27. The number of nitro groups is 1. The van der Waals surface area contributed by atoms with Gasteiger partial charge in [-0.3, -0.25) is 14.9 Å². The van der Waals surface area contributed by atoms with Crippen LogP contribution < -0.4 is 5.32 Å². The van der Waals surface area contributed by atoms with E-state index in [9.17, 15) is 23.3 Å². The van der Waals surface area contributed by atoms with Gasteiger partial charge in [0.15, 0.2) is 0 Å². The largest absolute Gasteiger partial charge is 0.322 e. The van der Waals surface area contributed by atoms with Crippen LogP contribution in [0.5, 0.6) is 0 Å². The first-order chi connectivity index (χ1) is 13.3. The summed E-state index contributed by atoms with van der Waals surface area (Å²) in [6.07, 6.45) is 1.86. The standard InChI is InChI=1S/C19H21N3O5S/c1-14-3-2-12-21(13-14)28(26,27)18-10-4-15(5-11-18)19(23)20-16-6-8-17(9-7-16)22(24)25/h4-11,14H,2-3,12-13H2,1H3,(H,20,23). The smallest absolute Gasteiger partial charge is 0.269 e. The number of hydrogen-bond acceptors (Lipinski definition) is 5. The number of anilines is 1. The molecule has 1 atom stereocenters. The Morgan fingerprint density at radius 2 is 1.79 bits per heavy atom. The van der Waals surface area contributed by atoms with Gasteiger partial charge < -0.3 is 5.32 Å². The molecule has 8 nitrogen and oxygen atoms in total. The lowest BCUT2D eigenvalue weighted by Gasteiger charge is -2.30. The lowest BCUT2D eigenvalue weighted by molar-refractivity contribution is -0.384. The van der Waals surface area contributed by atoms with Crippen LogP contribution in [0.15, 0.2) is 53.4 Å². The Kier molecular flexibility index (Phi) is 5.76. The topological polar surface area (TPSA) is 110 Å². The molecule has 1 fully saturated rings. The van der Waals surface area contributed by atoms with E-state index >= 15 is 0 Å². The van der Waals surface area contributed by atoms with Crippen molar-refractivity contribution >= 4 is 27.3 Å². The van der Waals surface area contributed by atoms with Gasteiger partial charge in [-0.25, -0.2) is 8.42 Å². The Labute approximate surface area is 163 Å². The van der Waals surface area contributed by atoms with Crippen LogP contribution in [0.4, 0.5) is 11.4 Å². The fraction of sp³-hybridized carbons (Fsp3) is 0.316. The highest BCUT2D eigenvalue weighted by atomic mass is 32.2. The summed E-state index contributed by atoms with van der Waals surface area (Å²) in [5, 5.41) is 13.3. The summed E-state index contributed by atoms with van der Waals surface area (Å²) in [5.41, 5.74) is 0.638. The highest BCUT2D eigenvalue weighted by Crippen LogP contribution is 2.24. The molecule has 9 heteroatoms. The number of sulfonamides is 1. The highest BCUT2D eigenvalue weighted by Gasteiger charge is 2.28. The van der Waals surface area contributed by atoms with Gasteiger partial charge in [0, 0.05) is 36.5 Å². The van der Waals surface area contributed by atoms with Crippen LogP contribution in [0.2, 0.25) is 0 Å². The summed E-state index contributed by atoms with van der Waals surface area (Å²) >= 11 is 0. The van der Waals surface area contributed by atoms with Crippen LogP contribution in [-0.4, -0.2) is 36.6 Å². The third-order valence-corrected chi connectivity index (χ3v) is 6.59. The molecule has 1 aliphatic heterocycles. The zero-order valence-electron chi connectivity index (χ0n) is 15.4. The molecule has 2 aromatic rings. The Morgan fingerprint density at radius 3 is 2.36 bits per heavy atom. The first kappa shape index (κ1) is 20.0. The second kappa shape index (κ2) is 8.07. The average molecular weight is 403 g/mol. The van der Waals surface area contributed by atoms with E-state index in [4.69, 9.17) is 0 Å². The zero-order chi connectivity index (χ0) is 20.3. The summed E-state index contributed by atoms with van der Waals surface area (Å²) in [6.45, 7) is 3.05. The molecule has 28 heavy (non-hydrogen) atoms. The molecule has 2 aromatic carbocycles. The fourth-order valence-corrected chi connectivity index (χ4v) is 4.76. The van der Waals surface area contributed by atoms with Gasteiger partial charge >= 0.3 is 0 Å². The van der Waals surface area contributed by atoms with Gasteiger partial charge in [-0.1, -0.05) is 6.92 Å². The molecule has 1 heterocycles. The summed E-state index contributed by atoms with van der Waals surface area (Å²) in [6, 6.07) is 11.2. The average Bonchev–Trinajstić information content (AvgIpc) is 2.68. The van der Waals surface area contributed by atoms with Gasteiger partial charge in [0.05, 0.1) is 9.82 Å². The second-order valence-corrected chi connectivity index (χ2v) is 8.83. The van der Waals surface area contributed by atoms with Gasteiger partial charge in [0.25, 0.3) is 11.6 Å². The van der Waals surface area contributed by atoms with Crippen molar-refractivity contribution < 1.29 is 18.1 Å². The Hall–Kier alpha value is -2.78. The molecule has 0 spiro atoms. The number of carbonyl (C=O) groups excluding carboxylic acids is 1. The number of non-ortho nitro benzene ring substituents is 1. The lowest BCUT2D eigenvalue weighted by atomic mass is 10.0. The number of carbonyl (C=O) groups is 1. The lowest BCUT2D eigenvalue weighted by Crippen LogP contribution is -2.39. The van der Waals surface area contributed by atoms with Crippen LogP contribution in [-0.2, 0) is 10.0 Å². The minimum atomic E-state index is -3.57. The van der Waals surface area contributed by atoms with Crippen molar-refractivity contribution in [1.82, 2.24) is 4.31 Å². The zero-order valence-corrected chi connectivity index (χ0v) is 16.2. The molecule has 0 aliphatic carbocycles. The van der Waals surface area contributed by atoms with E-state index in [2.05, 4.69) is 5.32 Å². The van der Waals surface area contributed by atoms with Crippen molar-refractivity contribution in [2.24, 2.45) is 5.92 Å². The van der Waals surface area contributed by atoms with Gasteiger partial charge in [-0.2, -0.15) is 4.31 Å². The second-order valence-electron chi connectivity index (χ2n) is 6.89. The van der Waals surface area contributed by atoms with E-state index < -0.39 is 20.9 Å². The number of amides is 1. The van der Waals surface area contributed by atoms with Crippen molar-refractivity contribution in [3.63, 3.8) is 0 Å². The van der Waals surface area contributed by atoms with E-state index in [0.29, 0.717) is 30.3 Å². The van der Waals surface area contributed by atoms with Crippen molar-refractivity contribution in [2.75, 3.05) is 18.4 Å². The van der Waals surface area contributed by atoms with Crippen LogP contribution in [0.25, 0.3) is 0 Å². The van der Waals surface area contributed by atoms with Gasteiger partial charge in [-0.05, 0) is 55.2 Å². The quantitative estimate of drug-likeness (QED) is 0.609. The number of rotatable bonds is 5. The Balaban J connectivity index is 1.71.